The number of aromatic nitrogens is 2. The highest BCUT2D eigenvalue weighted by Gasteiger charge is 2.27. The summed E-state index contributed by atoms with van der Waals surface area (Å²) in [4.78, 5) is 29.0. The molecule has 3 aliphatic heterocycles. The summed E-state index contributed by atoms with van der Waals surface area (Å²) < 4.78 is 5.48. The van der Waals surface area contributed by atoms with Gasteiger partial charge in [-0.05, 0) is 54.1 Å². The molecule has 2 N–H and O–H groups in total. The first-order valence-corrected chi connectivity index (χ1v) is 12.6. The van der Waals surface area contributed by atoms with Gasteiger partial charge in [-0.1, -0.05) is 6.07 Å². The van der Waals surface area contributed by atoms with Gasteiger partial charge in [0.15, 0.2) is 0 Å². The van der Waals surface area contributed by atoms with Crippen LogP contribution in [-0.2, 0) is 11.3 Å². The largest absolute Gasteiger partial charge is 0.378 e. The van der Waals surface area contributed by atoms with E-state index in [1.165, 1.54) is 0 Å². The summed E-state index contributed by atoms with van der Waals surface area (Å²) in [6, 6.07) is 12.3. The third kappa shape index (κ3) is 4.47. The molecule has 0 radical (unpaired) electrons. The van der Waals surface area contributed by atoms with Crippen molar-refractivity contribution in [3.8, 4) is 11.1 Å². The number of fused-ring (bicyclic) bond motifs is 1. The molecule has 0 spiro atoms. The standard InChI is InChI=1S/C27H31N7O2/c1-32-8-10-33(11-9-32)20-2-5-24(29-17-20)31-23-4-3-21(22-18-30-27(35)26(22)23)19-6-7-28-25(16-19)34-12-14-36-15-13-34/h2-7,16-17H,8-15,18H2,1H3,(H,29,31)(H,30,35). The van der Waals surface area contributed by atoms with E-state index in [2.05, 4.69) is 60.5 Å². The highest BCUT2D eigenvalue weighted by atomic mass is 16.5. The van der Waals surface area contributed by atoms with Gasteiger partial charge in [-0.25, -0.2) is 9.97 Å². The highest BCUT2D eigenvalue weighted by Crippen LogP contribution is 2.36. The monoisotopic (exact) mass is 485 g/mol. The van der Waals surface area contributed by atoms with Crippen molar-refractivity contribution in [2.75, 3.05) is 74.6 Å². The molecule has 0 bridgehead atoms. The first-order valence-electron chi connectivity index (χ1n) is 12.6. The predicted molar refractivity (Wildman–Crippen MR) is 141 cm³/mol. The van der Waals surface area contributed by atoms with Crippen LogP contribution < -0.4 is 20.4 Å². The number of pyridine rings is 2. The molecule has 0 saturated carbocycles. The van der Waals surface area contributed by atoms with Crippen molar-refractivity contribution in [1.82, 2.24) is 20.2 Å². The van der Waals surface area contributed by atoms with Crippen molar-refractivity contribution in [3.63, 3.8) is 0 Å². The van der Waals surface area contributed by atoms with Gasteiger partial charge in [0.2, 0.25) is 0 Å². The molecular formula is C27H31N7O2. The Balaban J connectivity index is 1.25. The molecule has 0 atom stereocenters. The van der Waals surface area contributed by atoms with E-state index in [-0.39, 0.29) is 5.91 Å². The molecule has 2 fully saturated rings. The Morgan fingerprint density at radius 3 is 2.56 bits per heavy atom. The van der Waals surface area contributed by atoms with Gasteiger partial charge in [-0.15, -0.1) is 0 Å². The number of morpholine rings is 1. The molecule has 2 saturated heterocycles. The molecule has 1 amide bonds. The van der Waals surface area contributed by atoms with Crippen LogP contribution in [0.5, 0.6) is 0 Å². The zero-order valence-corrected chi connectivity index (χ0v) is 20.5. The number of carbonyl (C=O) groups excluding carboxylic acids is 1. The number of carbonyl (C=O) groups is 1. The number of hydrogen-bond acceptors (Lipinski definition) is 8. The predicted octanol–water partition coefficient (Wildman–Crippen LogP) is 2.72. The lowest BCUT2D eigenvalue weighted by Gasteiger charge is -2.33. The molecular weight excluding hydrogens is 454 g/mol. The van der Waals surface area contributed by atoms with Crippen LogP contribution >= 0.6 is 0 Å². The number of anilines is 4. The Labute approximate surface area is 211 Å². The molecule has 9 heteroatoms. The first-order chi connectivity index (χ1) is 17.7. The lowest BCUT2D eigenvalue weighted by Crippen LogP contribution is -2.44. The number of ether oxygens (including phenoxy) is 1. The Morgan fingerprint density at radius 2 is 1.78 bits per heavy atom. The number of nitrogens with zero attached hydrogens (tertiary/aromatic N) is 5. The maximum absolute atomic E-state index is 12.8. The fourth-order valence-electron chi connectivity index (χ4n) is 5.12. The summed E-state index contributed by atoms with van der Waals surface area (Å²) >= 11 is 0. The van der Waals surface area contributed by atoms with Crippen molar-refractivity contribution in [2.45, 2.75) is 6.54 Å². The van der Waals surface area contributed by atoms with Gasteiger partial charge in [-0.2, -0.15) is 0 Å². The van der Waals surface area contributed by atoms with Crippen LogP contribution in [0.3, 0.4) is 0 Å². The molecule has 3 aromatic rings. The fourth-order valence-corrected chi connectivity index (χ4v) is 5.12. The third-order valence-corrected chi connectivity index (χ3v) is 7.24. The summed E-state index contributed by atoms with van der Waals surface area (Å²) in [5, 5.41) is 6.38. The van der Waals surface area contributed by atoms with Crippen molar-refractivity contribution < 1.29 is 9.53 Å². The maximum atomic E-state index is 12.8. The van der Waals surface area contributed by atoms with Crippen molar-refractivity contribution in [3.05, 3.63) is 59.9 Å². The minimum absolute atomic E-state index is 0.0640. The smallest absolute Gasteiger partial charge is 0.254 e. The molecule has 2 aromatic heterocycles. The summed E-state index contributed by atoms with van der Waals surface area (Å²) in [6.45, 7) is 7.71. The minimum atomic E-state index is -0.0640. The van der Waals surface area contributed by atoms with Gasteiger partial charge in [0, 0.05) is 52.0 Å². The van der Waals surface area contributed by atoms with Gasteiger partial charge >= 0.3 is 0 Å². The van der Waals surface area contributed by atoms with Gasteiger partial charge in [0.1, 0.15) is 11.6 Å². The van der Waals surface area contributed by atoms with Gasteiger partial charge in [0.05, 0.1) is 36.3 Å². The van der Waals surface area contributed by atoms with Gasteiger partial charge in [-0.3, -0.25) is 4.79 Å². The molecule has 9 nitrogen and oxygen atoms in total. The van der Waals surface area contributed by atoms with E-state index in [0.29, 0.717) is 25.3 Å². The van der Waals surface area contributed by atoms with Crippen molar-refractivity contribution in [1.29, 1.82) is 0 Å². The number of nitrogens with one attached hydrogen (secondary N) is 2. The second-order valence-electron chi connectivity index (χ2n) is 9.52. The van der Waals surface area contributed by atoms with Crippen LogP contribution in [0.1, 0.15) is 15.9 Å². The van der Waals surface area contributed by atoms with Gasteiger partial charge < -0.3 is 30.1 Å². The summed E-state index contributed by atoms with van der Waals surface area (Å²) in [5.41, 5.74) is 5.68. The number of rotatable bonds is 5. The Kier molecular flexibility index (Phi) is 6.16. The lowest BCUT2D eigenvalue weighted by molar-refractivity contribution is 0.0966. The van der Waals surface area contributed by atoms with Crippen LogP contribution in [-0.4, -0.2) is 80.3 Å². The maximum Gasteiger partial charge on any atom is 0.254 e. The molecule has 186 valence electrons. The van der Waals surface area contributed by atoms with E-state index in [9.17, 15) is 4.79 Å². The van der Waals surface area contributed by atoms with E-state index in [4.69, 9.17) is 4.74 Å². The van der Waals surface area contributed by atoms with Crippen molar-refractivity contribution >= 4 is 28.9 Å². The number of benzene rings is 1. The number of hydrogen-bond donors (Lipinski definition) is 2. The number of likely N-dealkylation sites (N-methyl/N-ethyl adjacent to an activating group) is 1. The zero-order chi connectivity index (χ0) is 24.5. The van der Waals surface area contributed by atoms with Crippen LogP contribution in [0.4, 0.5) is 23.0 Å². The second kappa shape index (κ2) is 9.75. The Hall–Kier alpha value is -3.69. The molecule has 1 aromatic carbocycles. The SMILES string of the molecule is CN1CCN(c2ccc(Nc3ccc(-c4ccnc(N5CCOCC5)c4)c4c3C(=O)NC4)nc2)CC1. The van der Waals surface area contributed by atoms with Crippen LogP contribution in [0, 0.1) is 0 Å². The Morgan fingerprint density at radius 1 is 0.944 bits per heavy atom. The first kappa shape index (κ1) is 22.8. The molecule has 3 aliphatic rings. The summed E-state index contributed by atoms with van der Waals surface area (Å²) in [6.07, 6.45) is 3.75. The molecule has 5 heterocycles. The van der Waals surface area contributed by atoms with Crippen LogP contribution in [0.2, 0.25) is 0 Å². The highest BCUT2D eigenvalue weighted by molar-refractivity contribution is 6.06. The molecule has 36 heavy (non-hydrogen) atoms. The zero-order valence-electron chi connectivity index (χ0n) is 20.5. The number of piperazine rings is 1. The van der Waals surface area contributed by atoms with E-state index in [1.807, 2.05) is 30.6 Å². The number of amides is 1. The Bertz CT molecular complexity index is 1250. The third-order valence-electron chi connectivity index (χ3n) is 7.24. The molecule has 6 rings (SSSR count). The normalized spacial score (nSPS) is 18.2. The van der Waals surface area contributed by atoms with Crippen LogP contribution in [0.25, 0.3) is 11.1 Å². The average molecular weight is 486 g/mol. The summed E-state index contributed by atoms with van der Waals surface area (Å²) in [7, 11) is 2.15. The van der Waals surface area contributed by atoms with Gasteiger partial charge in [0.25, 0.3) is 5.91 Å². The topological polar surface area (TPSA) is 85.9 Å². The van der Waals surface area contributed by atoms with E-state index in [1.54, 1.807) is 0 Å². The van der Waals surface area contributed by atoms with Crippen molar-refractivity contribution in [2.24, 2.45) is 0 Å². The van der Waals surface area contributed by atoms with E-state index in [0.717, 1.165) is 79.0 Å². The minimum Gasteiger partial charge on any atom is -0.378 e. The lowest BCUT2D eigenvalue weighted by atomic mass is 9.96. The van der Waals surface area contributed by atoms with Crippen LogP contribution in [0.15, 0.2) is 48.8 Å². The summed E-state index contributed by atoms with van der Waals surface area (Å²) in [5.74, 6) is 1.60. The molecule has 0 aliphatic carbocycles. The second-order valence-corrected chi connectivity index (χ2v) is 9.52. The fraction of sp³-hybridized carbons (Fsp3) is 0.370. The average Bonchev–Trinajstić information content (AvgIpc) is 3.32. The van der Waals surface area contributed by atoms with E-state index < -0.39 is 0 Å². The quantitative estimate of drug-likeness (QED) is 0.571. The van der Waals surface area contributed by atoms with E-state index >= 15 is 0 Å². The molecule has 0 unspecified atom stereocenters.